The van der Waals surface area contributed by atoms with Crippen molar-refractivity contribution in [2.75, 3.05) is 20.2 Å². The largest absolute Gasteiger partial charge is 0.368 e. The maximum absolute atomic E-state index is 11.3. The zero-order valence-corrected chi connectivity index (χ0v) is 10.00. The van der Waals surface area contributed by atoms with Crippen LogP contribution in [0.25, 0.3) is 0 Å². The molecule has 0 aliphatic heterocycles. The van der Waals surface area contributed by atoms with E-state index in [9.17, 15) is 4.79 Å². The molecule has 0 radical (unpaired) electrons. The molecule has 1 amide bonds. The fraction of sp³-hybridized carbons (Fsp3) is 0.750. The second-order valence-corrected chi connectivity index (χ2v) is 4.17. The lowest BCUT2D eigenvalue weighted by Gasteiger charge is -2.28. The van der Waals surface area contributed by atoms with E-state index >= 15 is 0 Å². The van der Waals surface area contributed by atoms with Crippen LogP contribution >= 0.6 is 0 Å². The molecule has 92 valence electrons. The van der Waals surface area contributed by atoms with Gasteiger partial charge in [0.2, 0.25) is 5.91 Å². The van der Waals surface area contributed by atoms with Gasteiger partial charge in [-0.05, 0) is 32.7 Å². The van der Waals surface area contributed by atoms with E-state index in [1.54, 1.807) is 6.08 Å². The predicted octanol–water partition coefficient (Wildman–Crippen LogP) is 0.836. The third-order valence-corrected chi connectivity index (χ3v) is 2.98. The number of amides is 1. The number of hydrogen-bond donors (Lipinski definition) is 2. The van der Waals surface area contributed by atoms with Crippen LogP contribution in [-0.2, 0) is 9.53 Å². The molecule has 0 saturated heterocycles. The minimum Gasteiger partial charge on any atom is -0.368 e. The summed E-state index contributed by atoms with van der Waals surface area (Å²) < 4.78 is 5.56. The minimum atomic E-state index is -0.0596. The van der Waals surface area contributed by atoms with Crippen LogP contribution in [0.15, 0.2) is 12.7 Å². The van der Waals surface area contributed by atoms with Crippen molar-refractivity contribution in [2.45, 2.75) is 37.8 Å². The highest BCUT2D eigenvalue weighted by Crippen LogP contribution is 2.20. The zero-order chi connectivity index (χ0) is 11.8. The van der Waals surface area contributed by atoms with E-state index in [0.717, 1.165) is 25.7 Å². The number of carbonyl (C=O) groups is 1. The van der Waals surface area contributed by atoms with Gasteiger partial charge in [0.05, 0.1) is 6.10 Å². The highest BCUT2D eigenvalue weighted by molar-refractivity contribution is 5.77. The van der Waals surface area contributed by atoms with Gasteiger partial charge in [0.1, 0.15) is 6.61 Å². The van der Waals surface area contributed by atoms with Crippen LogP contribution < -0.4 is 10.6 Å². The monoisotopic (exact) mass is 226 g/mol. The second-order valence-electron chi connectivity index (χ2n) is 4.17. The third kappa shape index (κ3) is 4.77. The van der Waals surface area contributed by atoms with Gasteiger partial charge in [-0.2, -0.15) is 0 Å². The SMILES string of the molecule is C=CCNC(=O)COC1CCC(NC)CC1. The Labute approximate surface area is 97.4 Å². The standard InChI is InChI=1S/C12H22N2O2/c1-3-8-14-12(15)9-16-11-6-4-10(13-2)5-7-11/h3,10-11,13H,1,4-9H2,2H3,(H,14,15). The number of ether oxygens (including phenoxy) is 1. The summed E-state index contributed by atoms with van der Waals surface area (Å²) in [5.41, 5.74) is 0. The predicted molar refractivity (Wildman–Crippen MR) is 64.3 cm³/mol. The molecule has 0 atom stereocenters. The van der Waals surface area contributed by atoms with E-state index in [1.807, 2.05) is 7.05 Å². The molecule has 1 rings (SSSR count). The van der Waals surface area contributed by atoms with Crippen molar-refractivity contribution >= 4 is 5.91 Å². The Hall–Kier alpha value is -0.870. The van der Waals surface area contributed by atoms with E-state index < -0.39 is 0 Å². The van der Waals surface area contributed by atoms with Gasteiger partial charge >= 0.3 is 0 Å². The molecular weight excluding hydrogens is 204 g/mol. The Morgan fingerprint density at radius 1 is 1.44 bits per heavy atom. The molecule has 0 bridgehead atoms. The molecule has 0 aromatic heterocycles. The third-order valence-electron chi connectivity index (χ3n) is 2.98. The molecular formula is C12H22N2O2. The normalized spacial score (nSPS) is 25.1. The van der Waals surface area contributed by atoms with Crippen molar-refractivity contribution in [3.05, 3.63) is 12.7 Å². The number of carbonyl (C=O) groups excluding carboxylic acids is 1. The molecule has 0 heterocycles. The van der Waals surface area contributed by atoms with E-state index in [2.05, 4.69) is 17.2 Å². The fourth-order valence-corrected chi connectivity index (χ4v) is 1.95. The lowest BCUT2D eigenvalue weighted by Crippen LogP contribution is -2.35. The van der Waals surface area contributed by atoms with E-state index in [0.29, 0.717) is 12.6 Å². The lowest BCUT2D eigenvalue weighted by molar-refractivity contribution is -0.128. The maximum atomic E-state index is 11.3. The van der Waals surface area contributed by atoms with Crippen LogP contribution in [0.4, 0.5) is 0 Å². The lowest BCUT2D eigenvalue weighted by atomic mass is 9.93. The summed E-state index contributed by atoms with van der Waals surface area (Å²) >= 11 is 0. The van der Waals surface area contributed by atoms with Gasteiger partial charge in [-0.25, -0.2) is 0 Å². The first-order valence-electron chi connectivity index (χ1n) is 5.92. The van der Waals surface area contributed by atoms with Gasteiger partial charge in [0, 0.05) is 12.6 Å². The smallest absolute Gasteiger partial charge is 0.246 e. The molecule has 1 fully saturated rings. The van der Waals surface area contributed by atoms with Crippen molar-refractivity contribution < 1.29 is 9.53 Å². The van der Waals surface area contributed by atoms with Gasteiger partial charge < -0.3 is 15.4 Å². The molecule has 4 nitrogen and oxygen atoms in total. The average Bonchev–Trinajstić information content (AvgIpc) is 2.34. The van der Waals surface area contributed by atoms with E-state index in [4.69, 9.17) is 4.74 Å². The van der Waals surface area contributed by atoms with Crippen LogP contribution in [-0.4, -0.2) is 38.3 Å². The minimum absolute atomic E-state index is 0.0596. The molecule has 2 N–H and O–H groups in total. The van der Waals surface area contributed by atoms with Gasteiger partial charge in [0.25, 0.3) is 0 Å². The summed E-state index contributed by atoms with van der Waals surface area (Å²) in [6.07, 6.45) is 6.26. The first-order valence-corrected chi connectivity index (χ1v) is 5.92. The van der Waals surface area contributed by atoms with E-state index in [1.165, 1.54) is 0 Å². The summed E-state index contributed by atoms with van der Waals surface area (Å²) in [4.78, 5) is 11.3. The van der Waals surface area contributed by atoms with Gasteiger partial charge in [0.15, 0.2) is 0 Å². The first-order chi connectivity index (χ1) is 7.76. The molecule has 0 aromatic carbocycles. The summed E-state index contributed by atoms with van der Waals surface area (Å²) in [6.45, 7) is 4.22. The van der Waals surface area contributed by atoms with Crippen LogP contribution in [0.1, 0.15) is 25.7 Å². The molecule has 1 aliphatic carbocycles. The molecule has 1 saturated carbocycles. The van der Waals surface area contributed by atoms with Crippen molar-refractivity contribution in [1.82, 2.24) is 10.6 Å². The van der Waals surface area contributed by atoms with Crippen molar-refractivity contribution in [1.29, 1.82) is 0 Å². The average molecular weight is 226 g/mol. The molecule has 0 unspecified atom stereocenters. The summed E-state index contributed by atoms with van der Waals surface area (Å²) in [6, 6.07) is 0.620. The second kappa shape index (κ2) is 7.41. The molecule has 0 spiro atoms. The highest BCUT2D eigenvalue weighted by atomic mass is 16.5. The molecule has 16 heavy (non-hydrogen) atoms. The summed E-state index contributed by atoms with van der Waals surface area (Å²) in [5, 5.41) is 5.97. The molecule has 4 heteroatoms. The van der Waals surface area contributed by atoms with Crippen LogP contribution in [0.5, 0.6) is 0 Å². The Morgan fingerprint density at radius 3 is 2.69 bits per heavy atom. The topological polar surface area (TPSA) is 50.4 Å². The van der Waals surface area contributed by atoms with Crippen molar-refractivity contribution in [3.63, 3.8) is 0 Å². The van der Waals surface area contributed by atoms with Gasteiger partial charge in [-0.15, -0.1) is 6.58 Å². The number of hydrogen-bond acceptors (Lipinski definition) is 3. The highest BCUT2D eigenvalue weighted by Gasteiger charge is 2.20. The molecule has 0 aromatic rings. The van der Waals surface area contributed by atoms with Crippen LogP contribution in [0.3, 0.4) is 0 Å². The Morgan fingerprint density at radius 2 is 2.12 bits per heavy atom. The van der Waals surface area contributed by atoms with Crippen molar-refractivity contribution in [3.8, 4) is 0 Å². The molecule has 1 aliphatic rings. The Bertz CT molecular complexity index is 223. The Kier molecular flexibility index (Phi) is 6.11. The zero-order valence-electron chi connectivity index (χ0n) is 10.00. The number of nitrogens with one attached hydrogen (secondary N) is 2. The maximum Gasteiger partial charge on any atom is 0.246 e. The van der Waals surface area contributed by atoms with Crippen LogP contribution in [0, 0.1) is 0 Å². The quantitative estimate of drug-likeness (QED) is 0.660. The van der Waals surface area contributed by atoms with E-state index in [-0.39, 0.29) is 18.6 Å². The summed E-state index contributed by atoms with van der Waals surface area (Å²) in [7, 11) is 1.99. The number of rotatable bonds is 6. The van der Waals surface area contributed by atoms with Crippen molar-refractivity contribution in [2.24, 2.45) is 0 Å². The van der Waals surface area contributed by atoms with Gasteiger partial charge in [-0.3, -0.25) is 4.79 Å². The summed E-state index contributed by atoms with van der Waals surface area (Å²) in [5.74, 6) is -0.0596. The first kappa shape index (κ1) is 13.2. The van der Waals surface area contributed by atoms with Gasteiger partial charge in [-0.1, -0.05) is 6.08 Å². The van der Waals surface area contributed by atoms with Crippen LogP contribution in [0.2, 0.25) is 0 Å². The fourth-order valence-electron chi connectivity index (χ4n) is 1.95. The Balaban J connectivity index is 2.10.